The Morgan fingerprint density at radius 1 is 1.10 bits per heavy atom. The fourth-order valence-electron chi connectivity index (χ4n) is 2.60. The third kappa shape index (κ3) is 2.95. The number of nitrogens with zero attached hydrogens (tertiary/aromatic N) is 1. The molecule has 2 N–H and O–H groups in total. The first-order valence-electron chi connectivity index (χ1n) is 6.25. The number of anilines is 1. The quantitative estimate of drug-likeness (QED) is 0.668. The van der Waals surface area contributed by atoms with Crippen molar-refractivity contribution in [1.29, 1.82) is 0 Å². The molecule has 2 nitrogen and oxygen atoms in total. The molecule has 0 radical (unpaired) electrons. The molecule has 1 aromatic rings. The van der Waals surface area contributed by atoms with E-state index in [1.807, 2.05) is 0 Å². The highest BCUT2D eigenvalue weighted by Crippen LogP contribution is 2.55. The van der Waals surface area contributed by atoms with Gasteiger partial charge in [0.1, 0.15) is 0 Å². The molecule has 1 fully saturated rings. The number of halogens is 6. The Balaban J connectivity index is 2.18. The van der Waals surface area contributed by atoms with Gasteiger partial charge in [-0.1, -0.05) is 12.1 Å². The molecule has 2 rings (SSSR count). The lowest BCUT2D eigenvalue weighted by Gasteiger charge is -2.33. The summed E-state index contributed by atoms with van der Waals surface area (Å²) in [5.41, 5.74) is 2.92. The molecule has 8 heteroatoms. The Bertz CT molecular complexity index is 494. The van der Waals surface area contributed by atoms with Crippen molar-refractivity contribution in [2.45, 2.75) is 25.3 Å². The van der Waals surface area contributed by atoms with E-state index in [9.17, 15) is 26.3 Å². The average Bonchev–Trinajstić information content (AvgIpc) is 2.73. The summed E-state index contributed by atoms with van der Waals surface area (Å²) < 4.78 is 77.5. The first-order valence-corrected chi connectivity index (χ1v) is 6.25. The van der Waals surface area contributed by atoms with Gasteiger partial charge in [-0.15, -0.1) is 0 Å². The molecule has 0 aromatic heterocycles. The number of likely N-dealkylation sites (tertiary alicyclic amines) is 1. The highest BCUT2D eigenvalue weighted by Gasteiger charge is 2.72. The molecule has 0 spiro atoms. The number of benzene rings is 1. The fraction of sp³-hybridized carbons (Fsp3) is 0.538. The van der Waals surface area contributed by atoms with Gasteiger partial charge in [0.25, 0.3) is 0 Å². The smallest absolute Gasteiger partial charge is 0.399 e. The summed E-state index contributed by atoms with van der Waals surface area (Å²) in [4.78, 5) is 1.16. The van der Waals surface area contributed by atoms with Crippen LogP contribution in [0.3, 0.4) is 0 Å². The minimum Gasteiger partial charge on any atom is -0.399 e. The molecular formula is C13H14F6N2. The minimum atomic E-state index is -5.31. The van der Waals surface area contributed by atoms with E-state index in [2.05, 4.69) is 0 Å². The van der Waals surface area contributed by atoms with Crippen LogP contribution in [0.4, 0.5) is 32.0 Å². The van der Waals surface area contributed by atoms with Gasteiger partial charge in [-0.25, -0.2) is 0 Å². The molecule has 0 aliphatic carbocycles. The minimum absolute atomic E-state index is 0.0128. The average molecular weight is 312 g/mol. The SMILES string of the molecule is Nc1cccc(CN2CCC(C(F)(F)F)(C(F)(F)F)C2)c1. The maximum Gasteiger partial charge on any atom is 0.404 e. The summed E-state index contributed by atoms with van der Waals surface area (Å²) in [6, 6.07) is 6.38. The van der Waals surface area contributed by atoms with Gasteiger partial charge in [-0.2, -0.15) is 26.3 Å². The number of hydrogen-bond acceptors (Lipinski definition) is 2. The van der Waals surface area contributed by atoms with Gasteiger partial charge >= 0.3 is 12.4 Å². The highest BCUT2D eigenvalue weighted by molar-refractivity contribution is 5.40. The van der Waals surface area contributed by atoms with Gasteiger partial charge in [0.05, 0.1) is 0 Å². The predicted molar refractivity (Wildman–Crippen MR) is 65.3 cm³/mol. The topological polar surface area (TPSA) is 29.3 Å². The van der Waals surface area contributed by atoms with E-state index in [1.165, 1.54) is 0 Å². The van der Waals surface area contributed by atoms with Gasteiger partial charge in [-0.05, 0) is 30.7 Å². The molecule has 1 heterocycles. The predicted octanol–water partition coefficient (Wildman–Crippen LogP) is 3.59. The van der Waals surface area contributed by atoms with Crippen molar-refractivity contribution in [3.05, 3.63) is 29.8 Å². The van der Waals surface area contributed by atoms with Crippen LogP contribution in [0.1, 0.15) is 12.0 Å². The monoisotopic (exact) mass is 312 g/mol. The van der Waals surface area contributed by atoms with Gasteiger partial charge in [-0.3, -0.25) is 4.90 Å². The van der Waals surface area contributed by atoms with Gasteiger partial charge < -0.3 is 5.73 Å². The summed E-state index contributed by atoms with van der Waals surface area (Å²) in [5.74, 6) is 0. The fourth-order valence-corrected chi connectivity index (χ4v) is 2.60. The van der Waals surface area contributed by atoms with Crippen LogP contribution < -0.4 is 5.73 Å². The van der Waals surface area contributed by atoms with Crippen molar-refractivity contribution >= 4 is 5.69 Å². The summed E-state index contributed by atoms with van der Waals surface area (Å²) in [7, 11) is 0. The lowest BCUT2D eigenvalue weighted by atomic mass is 9.85. The lowest BCUT2D eigenvalue weighted by molar-refractivity contribution is -0.335. The molecule has 0 amide bonds. The van der Waals surface area contributed by atoms with E-state index in [1.54, 1.807) is 24.3 Å². The molecule has 1 aliphatic heterocycles. The van der Waals surface area contributed by atoms with Crippen molar-refractivity contribution in [3.63, 3.8) is 0 Å². The molecule has 1 aliphatic rings. The summed E-state index contributed by atoms with van der Waals surface area (Å²) in [6.07, 6.45) is -11.6. The van der Waals surface area contributed by atoms with Gasteiger partial charge in [0.2, 0.25) is 0 Å². The zero-order valence-corrected chi connectivity index (χ0v) is 10.9. The Morgan fingerprint density at radius 3 is 2.19 bits per heavy atom. The molecule has 1 aromatic carbocycles. The summed E-state index contributed by atoms with van der Waals surface area (Å²) >= 11 is 0. The lowest BCUT2D eigenvalue weighted by Crippen LogP contribution is -2.51. The van der Waals surface area contributed by atoms with E-state index in [4.69, 9.17) is 5.73 Å². The molecule has 118 valence electrons. The molecule has 0 atom stereocenters. The third-order valence-electron chi connectivity index (χ3n) is 3.79. The van der Waals surface area contributed by atoms with E-state index in [0.29, 0.717) is 11.3 Å². The van der Waals surface area contributed by atoms with Crippen LogP contribution in [0.25, 0.3) is 0 Å². The molecule has 1 saturated heterocycles. The van der Waals surface area contributed by atoms with Crippen LogP contribution in [0.5, 0.6) is 0 Å². The zero-order valence-electron chi connectivity index (χ0n) is 10.9. The molecular weight excluding hydrogens is 298 g/mol. The van der Waals surface area contributed by atoms with Crippen molar-refractivity contribution in [1.82, 2.24) is 4.90 Å². The standard InChI is InChI=1S/C13H14F6N2/c14-12(15,16)11(13(17,18)19)4-5-21(8-11)7-9-2-1-3-10(20)6-9/h1-3,6H,4-5,7-8,20H2. The van der Waals surface area contributed by atoms with Crippen LogP contribution in [0, 0.1) is 5.41 Å². The Labute approximate surface area is 117 Å². The third-order valence-corrected chi connectivity index (χ3v) is 3.79. The van der Waals surface area contributed by atoms with Crippen molar-refractivity contribution in [3.8, 4) is 0 Å². The summed E-state index contributed by atoms with van der Waals surface area (Å²) in [6.45, 7) is -1.32. The second-order valence-electron chi connectivity index (χ2n) is 5.28. The van der Waals surface area contributed by atoms with Crippen LogP contribution >= 0.6 is 0 Å². The molecule has 21 heavy (non-hydrogen) atoms. The Hall–Kier alpha value is -1.44. The van der Waals surface area contributed by atoms with Crippen LogP contribution in [-0.4, -0.2) is 30.3 Å². The first kappa shape index (κ1) is 15.9. The normalized spacial score (nSPS) is 19.9. The van der Waals surface area contributed by atoms with Crippen LogP contribution in [-0.2, 0) is 6.54 Å². The van der Waals surface area contributed by atoms with Crippen molar-refractivity contribution in [2.75, 3.05) is 18.8 Å². The van der Waals surface area contributed by atoms with Gasteiger partial charge in [0.15, 0.2) is 5.41 Å². The number of hydrogen-bond donors (Lipinski definition) is 1. The number of alkyl halides is 6. The van der Waals surface area contributed by atoms with E-state index < -0.39 is 30.7 Å². The van der Waals surface area contributed by atoms with Crippen molar-refractivity contribution < 1.29 is 26.3 Å². The Morgan fingerprint density at radius 2 is 1.71 bits per heavy atom. The maximum absolute atomic E-state index is 12.9. The molecule has 0 bridgehead atoms. The highest BCUT2D eigenvalue weighted by atomic mass is 19.4. The van der Waals surface area contributed by atoms with Gasteiger partial charge in [0, 0.05) is 18.8 Å². The molecule has 0 unspecified atom stereocenters. The summed E-state index contributed by atoms with van der Waals surface area (Å²) in [5, 5.41) is 0. The number of nitrogen functional groups attached to an aromatic ring is 1. The van der Waals surface area contributed by atoms with Crippen LogP contribution in [0.2, 0.25) is 0 Å². The Kier molecular flexibility index (Phi) is 3.86. The second-order valence-corrected chi connectivity index (χ2v) is 5.28. The second kappa shape index (κ2) is 5.08. The number of nitrogens with two attached hydrogens (primary N) is 1. The van der Waals surface area contributed by atoms with E-state index in [-0.39, 0.29) is 13.1 Å². The van der Waals surface area contributed by atoms with E-state index >= 15 is 0 Å². The first-order chi connectivity index (χ1) is 9.55. The molecule has 0 saturated carbocycles. The largest absolute Gasteiger partial charge is 0.404 e. The van der Waals surface area contributed by atoms with E-state index in [0.717, 1.165) is 4.90 Å². The maximum atomic E-state index is 12.9. The number of rotatable bonds is 2. The van der Waals surface area contributed by atoms with Crippen molar-refractivity contribution in [2.24, 2.45) is 5.41 Å². The van der Waals surface area contributed by atoms with Crippen LogP contribution in [0.15, 0.2) is 24.3 Å². The zero-order chi connectivity index (χ0) is 15.9.